The Bertz CT molecular complexity index is 985. The molecule has 0 atom stereocenters. The molecule has 6 nitrogen and oxygen atoms in total. The number of sulfonamides is 1. The van der Waals surface area contributed by atoms with Gasteiger partial charge in [0.1, 0.15) is 10.7 Å². The highest BCUT2D eigenvalue weighted by atomic mass is 32.2. The monoisotopic (exact) mass is 376 g/mol. The zero-order valence-electron chi connectivity index (χ0n) is 14.2. The highest BCUT2D eigenvalue weighted by Crippen LogP contribution is 2.32. The Morgan fingerprint density at radius 3 is 2.42 bits per heavy atom. The van der Waals surface area contributed by atoms with Gasteiger partial charge in [-0.1, -0.05) is 12.1 Å². The van der Waals surface area contributed by atoms with Crippen LogP contribution in [0.15, 0.2) is 47.4 Å². The first kappa shape index (κ1) is 18.1. The average molecular weight is 376 g/mol. The minimum atomic E-state index is -3.96. The number of fused-ring (bicyclic) bond motifs is 1. The predicted octanol–water partition coefficient (Wildman–Crippen LogP) is 2.31. The summed E-state index contributed by atoms with van der Waals surface area (Å²) in [6, 6.07) is 9.12. The van der Waals surface area contributed by atoms with Crippen LogP contribution in [0.4, 0.5) is 4.39 Å². The Labute approximate surface area is 150 Å². The van der Waals surface area contributed by atoms with Crippen molar-refractivity contribution in [2.75, 3.05) is 0 Å². The van der Waals surface area contributed by atoms with Crippen LogP contribution in [0.3, 0.4) is 0 Å². The topological polar surface area (TPSA) is 83.6 Å². The van der Waals surface area contributed by atoms with E-state index in [9.17, 15) is 22.4 Å². The molecule has 1 heterocycles. The van der Waals surface area contributed by atoms with Gasteiger partial charge in [0.05, 0.1) is 5.56 Å². The van der Waals surface area contributed by atoms with Crippen LogP contribution in [-0.2, 0) is 16.6 Å². The zero-order chi connectivity index (χ0) is 19.1. The van der Waals surface area contributed by atoms with Gasteiger partial charge in [0.15, 0.2) is 0 Å². The van der Waals surface area contributed by atoms with Gasteiger partial charge in [0.2, 0.25) is 0 Å². The molecule has 2 amide bonds. The fraction of sp³-hybridized carbons (Fsp3) is 0.222. The highest BCUT2D eigenvalue weighted by Gasteiger charge is 2.42. The van der Waals surface area contributed by atoms with Gasteiger partial charge in [-0.15, -0.1) is 0 Å². The molecule has 3 rings (SSSR count). The molecule has 1 aliphatic heterocycles. The average Bonchev–Trinajstić information content (AvgIpc) is 2.79. The summed E-state index contributed by atoms with van der Waals surface area (Å²) in [5.41, 5.74) is 0.899. The highest BCUT2D eigenvalue weighted by molar-refractivity contribution is 7.90. The normalized spacial score (nSPS) is 15.2. The van der Waals surface area contributed by atoms with Gasteiger partial charge in [-0.25, -0.2) is 17.1 Å². The largest absolute Gasteiger partial charge is 0.348 e. The van der Waals surface area contributed by atoms with Crippen LogP contribution >= 0.6 is 0 Å². The summed E-state index contributed by atoms with van der Waals surface area (Å²) >= 11 is 0. The Morgan fingerprint density at radius 1 is 1.15 bits per heavy atom. The fourth-order valence-corrected chi connectivity index (χ4v) is 4.58. The lowest BCUT2D eigenvalue weighted by Crippen LogP contribution is -2.36. The second-order valence-electron chi connectivity index (χ2n) is 6.22. The third kappa shape index (κ3) is 3.08. The second kappa shape index (κ2) is 6.53. The maximum Gasteiger partial charge on any atom is 0.269 e. The first-order chi connectivity index (χ1) is 12.2. The van der Waals surface area contributed by atoms with Crippen LogP contribution < -0.4 is 5.32 Å². The molecule has 26 heavy (non-hydrogen) atoms. The van der Waals surface area contributed by atoms with E-state index in [1.807, 2.05) is 0 Å². The van der Waals surface area contributed by atoms with Crippen molar-refractivity contribution in [3.63, 3.8) is 0 Å². The number of nitrogens with zero attached hydrogens (tertiary/aromatic N) is 1. The van der Waals surface area contributed by atoms with Crippen LogP contribution in [0.25, 0.3) is 0 Å². The molecular weight excluding hydrogens is 359 g/mol. The Hall–Kier alpha value is -2.74. The summed E-state index contributed by atoms with van der Waals surface area (Å²) < 4.78 is 38.8. The minimum absolute atomic E-state index is 0.0637. The van der Waals surface area contributed by atoms with Crippen molar-refractivity contribution in [3.05, 3.63) is 65.0 Å². The van der Waals surface area contributed by atoms with Crippen LogP contribution in [0.5, 0.6) is 0 Å². The summed E-state index contributed by atoms with van der Waals surface area (Å²) in [4.78, 5) is 24.4. The van der Waals surface area contributed by atoms with E-state index in [1.54, 1.807) is 26.0 Å². The third-order valence-corrected chi connectivity index (χ3v) is 6.05. The molecule has 8 heteroatoms. The number of nitrogens with one attached hydrogen (secondary N) is 1. The van der Waals surface area contributed by atoms with Gasteiger partial charge in [-0.05, 0) is 49.7 Å². The number of hydrogen-bond acceptors (Lipinski definition) is 4. The molecule has 0 saturated carbocycles. The molecule has 2 aromatic rings. The van der Waals surface area contributed by atoms with Gasteiger partial charge in [0.25, 0.3) is 21.8 Å². The van der Waals surface area contributed by atoms with E-state index in [1.165, 1.54) is 30.3 Å². The van der Waals surface area contributed by atoms with E-state index in [0.717, 1.165) is 4.31 Å². The predicted molar refractivity (Wildman–Crippen MR) is 92.5 cm³/mol. The van der Waals surface area contributed by atoms with Crippen LogP contribution in [-0.4, -0.2) is 30.6 Å². The molecule has 136 valence electrons. The maximum absolute atomic E-state index is 12.9. The molecule has 0 radical (unpaired) electrons. The van der Waals surface area contributed by atoms with Crippen LogP contribution in [0, 0.1) is 5.82 Å². The number of carbonyl (C=O) groups is 2. The van der Waals surface area contributed by atoms with E-state index in [0.29, 0.717) is 5.56 Å². The standard InChI is InChI=1S/C18H17FN2O4S/c1-11(2)21-18(23)15-8-5-13(9-16(15)26(21,24)25)17(22)20-10-12-3-6-14(19)7-4-12/h3-9,11H,10H2,1-2H3,(H,20,22). The molecule has 0 aromatic heterocycles. The lowest BCUT2D eigenvalue weighted by Gasteiger charge is -2.18. The zero-order valence-corrected chi connectivity index (χ0v) is 15.0. The lowest BCUT2D eigenvalue weighted by atomic mass is 10.1. The van der Waals surface area contributed by atoms with E-state index < -0.39 is 27.9 Å². The molecule has 1 aliphatic rings. The number of carbonyl (C=O) groups excluding carboxylic acids is 2. The molecule has 0 fully saturated rings. The van der Waals surface area contributed by atoms with Crippen molar-refractivity contribution < 1.29 is 22.4 Å². The molecule has 0 aliphatic carbocycles. The summed E-state index contributed by atoms with van der Waals surface area (Å²) in [5, 5.41) is 2.64. The van der Waals surface area contributed by atoms with Crippen molar-refractivity contribution >= 4 is 21.8 Å². The molecule has 1 N–H and O–H groups in total. The summed E-state index contributed by atoms with van der Waals surface area (Å²) in [5.74, 6) is -1.45. The van der Waals surface area contributed by atoms with Crippen molar-refractivity contribution in [3.8, 4) is 0 Å². The van der Waals surface area contributed by atoms with Crippen LogP contribution in [0.1, 0.15) is 40.1 Å². The van der Waals surface area contributed by atoms with Crippen molar-refractivity contribution in [1.29, 1.82) is 0 Å². The molecule has 0 bridgehead atoms. The quantitative estimate of drug-likeness (QED) is 0.888. The van der Waals surface area contributed by atoms with Gasteiger partial charge in [0, 0.05) is 18.2 Å². The van der Waals surface area contributed by atoms with Crippen molar-refractivity contribution in [2.45, 2.75) is 31.3 Å². The maximum atomic E-state index is 12.9. The SMILES string of the molecule is CC(C)N1C(=O)c2ccc(C(=O)NCc3ccc(F)cc3)cc2S1(=O)=O. The van der Waals surface area contributed by atoms with Gasteiger partial charge in [-0.3, -0.25) is 9.59 Å². The third-order valence-electron chi connectivity index (χ3n) is 4.05. The summed E-state index contributed by atoms with van der Waals surface area (Å²) in [7, 11) is -3.96. The minimum Gasteiger partial charge on any atom is -0.348 e. The molecule has 0 unspecified atom stereocenters. The molecule has 0 spiro atoms. The Kier molecular flexibility index (Phi) is 4.53. The Balaban J connectivity index is 1.83. The molecule has 0 saturated heterocycles. The summed E-state index contributed by atoms with van der Waals surface area (Å²) in [6.07, 6.45) is 0. The van der Waals surface area contributed by atoms with Crippen molar-refractivity contribution in [2.24, 2.45) is 0 Å². The molecule has 2 aromatic carbocycles. The Morgan fingerprint density at radius 2 is 1.81 bits per heavy atom. The number of benzene rings is 2. The van der Waals surface area contributed by atoms with E-state index in [2.05, 4.69) is 5.32 Å². The summed E-state index contributed by atoms with van der Waals surface area (Å²) in [6.45, 7) is 3.38. The number of rotatable bonds is 4. The first-order valence-electron chi connectivity index (χ1n) is 7.97. The van der Waals surface area contributed by atoms with E-state index in [4.69, 9.17) is 0 Å². The number of amides is 2. The van der Waals surface area contributed by atoms with Gasteiger partial charge >= 0.3 is 0 Å². The number of hydrogen-bond donors (Lipinski definition) is 1. The van der Waals surface area contributed by atoms with Crippen LogP contribution in [0.2, 0.25) is 0 Å². The number of halogens is 1. The first-order valence-corrected chi connectivity index (χ1v) is 9.41. The molecular formula is C18H17FN2O4S. The van der Waals surface area contributed by atoms with Crippen molar-refractivity contribution in [1.82, 2.24) is 9.62 Å². The lowest BCUT2D eigenvalue weighted by molar-refractivity contribution is 0.0845. The van der Waals surface area contributed by atoms with E-state index >= 15 is 0 Å². The smallest absolute Gasteiger partial charge is 0.269 e. The van der Waals surface area contributed by atoms with Gasteiger partial charge < -0.3 is 5.32 Å². The van der Waals surface area contributed by atoms with Gasteiger partial charge in [-0.2, -0.15) is 0 Å². The second-order valence-corrected chi connectivity index (χ2v) is 8.00. The fourth-order valence-electron chi connectivity index (χ4n) is 2.79. The van der Waals surface area contributed by atoms with E-state index in [-0.39, 0.29) is 28.4 Å².